The molecule has 0 heterocycles. The fraction of sp³-hybridized carbons (Fsp3) is 0.917. The third-order valence-corrected chi connectivity index (χ3v) is 3.42. The minimum Gasteiger partial charge on any atom is -0.479 e. The molecule has 0 aromatic heterocycles. The summed E-state index contributed by atoms with van der Waals surface area (Å²) < 4.78 is 0. The van der Waals surface area contributed by atoms with E-state index in [1.807, 2.05) is 0 Å². The number of hydrogen-bond donors (Lipinski definition) is 2. The molecule has 4 nitrogen and oxygen atoms in total. The molecular formula is C12H21NO3. The second-order valence-corrected chi connectivity index (χ2v) is 5.66. The lowest BCUT2D eigenvalue weighted by Gasteiger charge is -2.28. The Hall–Kier alpha value is -0.610. The molecule has 0 aromatic carbocycles. The fourth-order valence-corrected chi connectivity index (χ4v) is 2.04. The van der Waals surface area contributed by atoms with Crippen molar-refractivity contribution in [1.82, 2.24) is 4.90 Å². The first-order chi connectivity index (χ1) is 7.47. The quantitative estimate of drug-likeness (QED) is 0.679. The van der Waals surface area contributed by atoms with Gasteiger partial charge in [-0.1, -0.05) is 0 Å². The molecule has 0 radical (unpaired) electrons. The van der Waals surface area contributed by atoms with Crippen molar-refractivity contribution >= 4 is 5.97 Å². The third-order valence-electron chi connectivity index (χ3n) is 3.42. The van der Waals surface area contributed by atoms with Gasteiger partial charge in [-0.25, -0.2) is 4.79 Å². The van der Waals surface area contributed by atoms with Crippen molar-refractivity contribution in [2.75, 3.05) is 19.6 Å². The van der Waals surface area contributed by atoms with Gasteiger partial charge in [-0.3, -0.25) is 4.90 Å². The van der Waals surface area contributed by atoms with Crippen LogP contribution in [-0.4, -0.2) is 46.3 Å². The van der Waals surface area contributed by atoms with Crippen LogP contribution in [0.25, 0.3) is 0 Å². The molecule has 2 aliphatic rings. The molecule has 0 amide bonds. The zero-order valence-corrected chi connectivity index (χ0v) is 9.85. The van der Waals surface area contributed by atoms with Crippen LogP contribution in [-0.2, 0) is 4.79 Å². The van der Waals surface area contributed by atoms with Crippen molar-refractivity contribution < 1.29 is 15.0 Å². The van der Waals surface area contributed by atoms with Crippen LogP contribution in [0.3, 0.4) is 0 Å². The Morgan fingerprint density at radius 1 is 1.25 bits per heavy atom. The number of nitrogens with zero attached hydrogens (tertiary/aromatic N) is 1. The maximum absolute atomic E-state index is 10.9. The molecule has 0 aliphatic heterocycles. The van der Waals surface area contributed by atoms with Crippen LogP contribution in [0.1, 0.15) is 32.6 Å². The largest absolute Gasteiger partial charge is 0.479 e. The van der Waals surface area contributed by atoms with Crippen molar-refractivity contribution in [3.05, 3.63) is 0 Å². The average molecular weight is 227 g/mol. The Bertz CT molecular complexity index is 255. The highest BCUT2D eigenvalue weighted by molar-refractivity contribution is 5.76. The van der Waals surface area contributed by atoms with Crippen molar-refractivity contribution in [1.29, 1.82) is 0 Å². The zero-order valence-electron chi connectivity index (χ0n) is 9.85. The monoisotopic (exact) mass is 227 g/mol. The highest BCUT2D eigenvalue weighted by Gasteiger charge is 2.36. The molecule has 1 unspecified atom stereocenters. The van der Waals surface area contributed by atoms with Crippen LogP contribution in [0.5, 0.6) is 0 Å². The van der Waals surface area contributed by atoms with Crippen molar-refractivity contribution in [3.8, 4) is 0 Å². The highest BCUT2D eigenvalue weighted by Crippen LogP contribution is 2.34. The first-order valence-electron chi connectivity index (χ1n) is 6.15. The van der Waals surface area contributed by atoms with Crippen LogP contribution < -0.4 is 0 Å². The Morgan fingerprint density at radius 3 is 2.00 bits per heavy atom. The fourth-order valence-electron chi connectivity index (χ4n) is 2.04. The maximum atomic E-state index is 10.9. The highest BCUT2D eigenvalue weighted by atomic mass is 16.4. The normalized spacial score (nSPS) is 24.4. The van der Waals surface area contributed by atoms with Crippen LogP contribution in [0, 0.1) is 11.8 Å². The topological polar surface area (TPSA) is 60.8 Å². The van der Waals surface area contributed by atoms with Gasteiger partial charge in [0.25, 0.3) is 0 Å². The number of carboxylic acids is 1. The van der Waals surface area contributed by atoms with E-state index in [9.17, 15) is 9.90 Å². The van der Waals surface area contributed by atoms with E-state index in [1.54, 1.807) is 0 Å². The minimum absolute atomic E-state index is 0.259. The van der Waals surface area contributed by atoms with E-state index < -0.39 is 11.6 Å². The Kier molecular flexibility index (Phi) is 3.22. The van der Waals surface area contributed by atoms with Gasteiger partial charge in [-0.2, -0.15) is 0 Å². The molecular weight excluding hydrogens is 206 g/mol. The molecule has 92 valence electrons. The van der Waals surface area contributed by atoms with Gasteiger partial charge in [0.2, 0.25) is 0 Å². The SMILES string of the molecule is CC(O)(CN(CC1CC1)CC1CC1)C(=O)O. The molecule has 0 bridgehead atoms. The zero-order chi connectivity index (χ0) is 11.8. The van der Waals surface area contributed by atoms with Gasteiger partial charge in [0, 0.05) is 19.6 Å². The molecule has 1 atom stereocenters. The Morgan fingerprint density at radius 2 is 1.69 bits per heavy atom. The Labute approximate surface area is 96.3 Å². The van der Waals surface area contributed by atoms with E-state index in [4.69, 9.17) is 5.11 Å². The molecule has 0 spiro atoms. The summed E-state index contributed by atoms with van der Waals surface area (Å²) in [6.07, 6.45) is 5.04. The van der Waals surface area contributed by atoms with Gasteiger partial charge < -0.3 is 10.2 Å². The molecule has 2 saturated carbocycles. The van der Waals surface area contributed by atoms with E-state index in [1.165, 1.54) is 32.6 Å². The van der Waals surface area contributed by atoms with Crippen molar-refractivity contribution in [3.63, 3.8) is 0 Å². The van der Waals surface area contributed by atoms with Gasteiger partial charge in [-0.05, 0) is 44.4 Å². The number of carboxylic acid groups (broad SMARTS) is 1. The van der Waals surface area contributed by atoms with Crippen LogP contribution in [0.2, 0.25) is 0 Å². The van der Waals surface area contributed by atoms with Gasteiger partial charge in [0.1, 0.15) is 0 Å². The standard InChI is InChI=1S/C12H21NO3/c1-12(16,11(14)15)8-13(6-9-2-3-9)7-10-4-5-10/h9-10,16H,2-8H2,1H3,(H,14,15). The van der Waals surface area contributed by atoms with E-state index in [0.29, 0.717) is 0 Å². The molecule has 2 rings (SSSR count). The van der Waals surface area contributed by atoms with Crippen LogP contribution >= 0.6 is 0 Å². The molecule has 16 heavy (non-hydrogen) atoms. The predicted molar refractivity (Wildman–Crippen MR) is 60.1 cm³/mol. The van der Waals surface area contributed by atoms with E-state index in [-0.39, 0.29) is 6.54 Å². The summed E-state index contributed by atoms with van der Waals surface area (Å²) in [6, 6.07) is 0. The summed E-state index contributed by atoms with van der Waals surface area (Å²) in [5.41, 5.74) is -1.61. The Balaban J connectivity index is 1.85. The maximum Gasteiger partial charge on any atom is 0.336 e. The van der Waals surface area contributed by atoms with Crippen LogP contribution in [0.4, 0.5) is 0 Å². The first-order valence-corrected chi connectivity index (χ1v) is 6.15. The van der Waals surface area contributed by atoms with Crippen molar-refractivity contribution in [2.24, 2.45) is 11.8 Å². The number of carbonyl (C=O) groups is 1. The molecule has 2 N–H and O–H groups in total. The first kappa shape index (κ1) is 11.9. The molecule has 2 fully saturated rings. The lowest BCUT2D eigenvalue weighted by Crippen LogP contribution is -2.47. The summed E-state index contributed by atoms with van der Waals surface area (Å²) >= 11 is 0. The summed E-state index contributed by atoms with van der Waals surface area (Å²) in [5.74, 6) is 0.357. The average Bonchev–Trinajstić information content (AvgIpc) is 2.98. The number of hydrogen-bond acceptors (Lipinski definition) is 3. The number of aliphatic hydroxyl groups is 1. The number of aliphatic carboxylic acids is 1. The number of rotatable bonds is 7. The smallest absolute Gasteiger partial charge is 0.336 e. The predicted octanol–water partition coefficient (Wildman–Crippen LogP) is 0.944. The minimum atomic E-state index is -1.61. The molecule has 0 saturated heterocycles. The summed E-state index contributed by atoms with van der Waals surface area (Å²) in [4.78, 5) is 13.0. The summed E-state index contributed by atoms with van der Waals surface area (Å²) in [7, 11) is 0. The third kappa shape index (κ3) is 3.46. The molecule has 0 aromatic rings. The van der Waals surface area contributed by atoms with E-state index in [0.717, 1.165) is 24.9 Å². The van der Waals surface area contributed by atoms with Crippen molar-refractivity contribution in [2.45, 2.75) is 38.2 Å². The summed E-state index contributed by atoms with van der Waals surface area (Å²) in [5, 5.41) is 18.7. The summed E-state index contributed by atoms with van der Waals surface area (Å²) in [6.45, 7) is 3.57. The van der Waals surface area contributed by atoms with Gasteiger partial charge >= 0.3 is 5.97 Å². The molecule has 2 aliphatic carbocycles. The van der Waals surface area contributed by atoms with Gasteiger partial charge in [-0.15, -0.1) is 0 Å². The van der Waals surface area contributed by atoms with Crippen LogP contribution in [0.15, 0.2) is 0 Å². The van der Waals surface area contributed by atoms with Gasteiger partial charge in [0.15, 0.2) is 5.60 Å². The second-order valence-electron chi connectivity index (χ2n) is 5.66. The molecule has 4 heteroatoms. The van der Waals surface area contributed by atoms with Gasteiger partial charge in [0.05, 0.1) is 0 Å². The van der Waals surface area contributed by atoms with E-state index in [2.05, 4.69) is 4.90 Å². The lowest BCUT2D eigenvalue weighted by molar-refractivity contribution is -0.158. The second kappa shape index (κ2) is 4.34. The van der Waals surface area contributed by atoms with E-state index >= 15 is 0 Å². The lowest BCUT2D eigenvalue weighted by atomic mass is 10.1.